The molecule has 9 rings (SSSR count). The summed E-state index contributed by atoms with van der Waals surface area (Å²) in [6.45, 7) is 2.50. The Hall–Kier alpha value is -5.24. The summed E-state index contributed by atoms with van der Waals surface area (Å²) in [5, 5.41) is 16.3. The van der Waals surface area contributed by atoms with E-state index in [2.05, 4.69) is 5.32 Å². The molecule has 304 valence electrons. The van der Waals surface area contributed by atoms with Gasteiger partial charge in [-0.05, 0) is 59.2 Å². The monoisotopic (exact) mass is 858 g/mol. The number of anilines is 3. The van der Waals surface area contributed by atoms with Crippen molar-refractivity contribution < 1.29 is 42.9 Å². The maximum Gasteiger partial charge on any atom is 0.524 e. The zero-order chi connectivity index (χ0) is 41.6. The Morgan fingerprint density at radius 2 is 1.37 bits per heavy atom. The molecular formula is C42H37Cl2N4O10P. The lowest BCUT2D eigenvalue weighted by molar-refractivity contribution is -0.384. The number of benzene rings is 5. The van der Waals surface area contributed by atoms with Gasteiger partial charge in [0, 0.05) is 77.4 Å². The smallest absolute Gasteiger partial charge is 0.409 e. The van der Waals surface area contributed by atoms with Crippen LogP contribution in [0.3, 0.4) is 0 Å². The van der Waals surface area contributed by atoms with Gasteiger partial charge in [-0.2, -0.15) is 0 Å². The van der Waals surface area contributed by atoms with Gasteiger partial charge in [0.15, 0.2) is 0 Å². The Balaban J connectivity index is 1.01. The molecule has 14 nitrogen and oxygen atoms in total. The highest BCUT2D eigenvalue weighted by Crippen LogP contribution is 2.79. The van der Waals surface area contributed by atoms with Gasteiger partial charge < -0.3 is 19.1 Å². The zero-order valence-electron chi connectivity index (χ0n) is 31.5. The molecule has 5 atom stereocenters. The lowest BCUT2D eigenvalue weighted by Gasteiger charge is -2.47. The van der Waals surface area contributed by atoms with Crippen LogP contribution in [-0.4, -0.2) is 57.5 Å². The number of phosphoric acid groups is 1. The van der Waals surface area contributed by atoms with Crippen LogP contribution < -0.4 is 24.4 Å². The number of amides is 3. The van der Waals surface area contributed by atoms with Crippen molar-refractivity contribution in [1.29, 1.82) is 0 Å². The van der Waals surface area contributed by atoms with E-state index in [1.54, 1.807) is 28.0 Å². The molecule has 2 aliphatic heterocycles. The standard InChI is InChI=1S/C42H37Cl2N4O10P/c1-2-41(38(49)46-20-23(18-43)37-30-10-6-4-8-28(30)34(16-32(37)46)58-59(54,55)56)22-42(17-35(41)42)39(50)47-21-24(19-44)36-29-9-5-3-7-27(29)33(15-31(36)47)57-40(51)45-25-11-13-26(14-12-25)48(52)53/h3-16,23-24,35H,2,17-22H2,1H3,(H,45,51)(H2,54,55,56)/t23-,24-,35?,41?,42?/m1/s1. The first-order valence-corrected chi connectivity index (χ1v) is 21.7. The largest absolute Gasteiger partial charge is 0.524 e. The first kappa shape index (κ1) is 39.2. The summed E-state index contributed by atoms with van der Waals surface area (Å²) < 4.78 is 23.0. The third-order valence-electron chi connectivity index (χ3n) is 12.7. The average molecular weight is 860 g/mol. The number of carbonyl (C=O) groups is 3. The van der Waals surface area contributed by atoms with Gasteiger partial charge in [-0.3, -0.25) is 34.8 Å². The van der Waals surface area contributed by atoms with Crippen LogP contribution >= 0.6 is 31.0 Å². The maximum atomic E-state index is 14.9. The Bertz CT molecular complexity index is 2680. The van der Waals surface area contributed by atoms with Crippen molar-refractivity contribution in [3.63, 3.8) is 0 Å². The number of carbonyl (C=O) groups excluding carboxylic acids is 3. The van der Waals surface area contributed by atoms with E-state index < -0.39 is 29.7 Å². The molecule has 4 aliphatic rings. The van der Waals surface area contributed by atoms with Crippen LogP contribution in [-0.2, 0) is 14.2 Å². The number of ether oxygens (including phenoxy) is 1. The van der Waals surface area contributed by atoms with E-state index in [4.69, 9.17) is 32.5 Å². The Kier molecular flexibility index (Phi) is 9.44. The van der Waals surface area contributed by atoms with Crippen molar-refractivity contribution in [1.82, 2.24) is 0 Å². The van der Waals surface area contributed by atoms with Gasteiger partial charge in [0.1, 0.15) is 11.5 Å². The predicted octanol–water partition coefficient (Wildman–Crippen LogP) is 8.83. The van der Waals surface area contributed by atoms with E-state index in [9.17, 15) is 38.8 Å². The van der Waals surface area contributed by atoms with Crippen molar-refractivity contribution in [2.45, 2.75) is 38.0 Å². The molecule has 59 heavy (non-hydrogen) atoms. The summed E-state index contributed by atoms with van der Waals surface area (Å²) in [6, 6.07) is 23.0. The van der Waals surface area contributed by atoms with Crippen LogP contribution in [0.4, 0.5) is 27.5 Å². The highest BCUT2D eigenvalue weighted by atomic mass is 35.5. The molecule has 0 spiro atoms. The Morgan fingerprint density at radius 1 is 0.847 bits per heavy atom. The molecule has 5 aromatic carbocycles. The number of hydrogen-bond donors (Lipinski definition) is 3. The van der Waals surface area contributed by atoms with E-state index in [0.717, 1.165) is 16.5 Å². The number of halogens is 2. The van der Waals surface area contributed by atoms with Crippen molar-refractivity contribution in [2.75, 3.05) is 40.0 Å². The summed E-state index contributed by atoms with van der Waals surface area (Å²) in [6.07, 6.45) is 0.451. The minimum Gasteiger partial charge on any atom is -0.409 e. The number of phosphoric ester groups is 1. The molecule has 5 aromatic rings. The molecule has 2 fully saturated rings. The average Bonchev–Trinajstić information content (AvgIpc) is 3.49. The Morgan fingerprint density at radius 3 is 1.88 bits per heavy atom. The molecule has 17 heteroatoms. The molecule has 0 saturated heterocycles. The molecular weight excluding hydrogens is 822 g/mol. The van der Waals surface area contributed by atoms with Gasteiger partial charge >= 0.3 is 13.9 Å². The molecule has 2 heterocycles. The summed E-state index contributed by atoms with van der Waals surface area (Å²) in [7, 11) is -4.95. The summed E-state index contributed by atoms with van der Waals surface area (Å²) in [4.78, 5) is 76.4. The molecule has 0 bridgehead atoms. The van der Waals surface area contributed by atoms with Crippen molar-refractivity contribution in [3.8, 4) is 11.5 Å². The van der Waals surface area contributed by atoms with Gasteiger partial charge in [-0.15, -0.1) is 23.2 Å². The molecule has 3 unspecified atom stereocenters. The number of nitro groups is 1. The molecule has 3 N–H and O–H groups in total. The fourth-order valence-corrected chi connectivity index (χ4v) is 10.9. The minimum atomic E-state index is -4.95. The molecule has 2 saturated carbocycles. The van der Waals surface area contributed by atoms with Crippen LogP contribution in [0.15, 0.2) is 84.9 Å². The fraction of sp³-hybridized carbons (Fsp3) is 0.310. The topological polar surface area (TPSA) is 189 Å². The van der Waals surface area contributed by atoms with Gasteiger partial charge in [0.05, 0.1) is 27.1 Å². The van der Waals surface area contributed by atoms with E-state index in [1.807, 2.05) is 43.3 Å². The van der Waals surface area contributed by atoms with Gasteiger partial charge in [-0.1, -0.05) is 55.5 Å². The highest BCUT2D eigenvalue weighted by Gasteiger charge is 2.81. The maximum absolute atomic E-state index is 14.9. The second-order valence-corrected chi connectivity index (χ2v) is 17.5. The summed E-state index contributed by atoms with van der Waals surface area (Å²) in [5.74, 6) is -0.425. The summed E-state index contributed by atoms with van der Waals surface area (Å²) >= 11 is 13.1. The lowest BCUT2D eigenvalue weighted by Crippen LogP contribution is -2.56. The highest BCUT2D eigenvalue weighted by molar-refractivity contribution is 7.46. The molecule has 0 aromatic heterocycles. The number of nitro benzene ring substituents is 1. The van der Waals surface area contributed by atoms with Crippen LogP contribution in [0.5, 0.6) is 11.5 Å². The van der Waals surface area contributed by atoms with Gasteiger partial charge in [-0.25, -0.2) is 9.36 Å². The predicted molar refractivity (Wildman–Crippen MR) is 223 cm³/mol. The van der Waals surface area contributed by atoms with Crippen LogP contribution in [0, 0.1) is 26.9 Å². The molecule has 0 radical (unpaired) electrons. The van der Waals surface area contributed by atoms with Gasteiger partial charge in [0.25, 0.3) is 5.69 Å². The normalized spacial score (nSPS) is 23.9. The van der Waals surface area contributed by atoms with Gasteiger partial charge in [0.2, 0.25) is 11.8 Å². The minimum absolute atomic E-state index is 0.0444. The first-order valence-electron chi connectivity index (χ1n) is 19.1. The third kappa shape index (κ3) is 6.23. The van der Waals surface area contributed by atoms with E-state index in [1.165, 1.54) is 30.3 Å². The number of alkyl halides is 2. The van der Waals surface area contributed by atoms with Crippen molar-refractivity contribution in [2.24, 2.45) is 16.7 Å². The zero-order valence-corrected chi connectivity index (χ0v) is 33.9. The molecule has 3 amide bonds. The number of nitrogens with zero attached hydrogens (tertiary/aromatic N) is 3. The fourth-order valence-electron chi connectivity index (χ4n) is 10.0. The number of non-ortho nitro benzene ring substituents is 1. The summed E-state index contributed by atoms with van der Waals surface area (Å²) in [5.41, 5.74) is 1.22. The number of nitrogens with one attached hydrogen (secondary N) is 1. The Labute approximate surface area is 347 Å². The second kappa shape index (κ2) is 14.2. The lowest BCUT2D eigenvalue weighted by atomic mass is 9.59. The SMILES string of the molecule is CCC1(C(=O)N2C[C@@H](CCl)c3c2cc(OP(=O)(O)O)c2ccccc32)CC2(C(=O)N3C[C@@H](CCl)c4c3cc(OC(=O)Nc3ccc([N+](=O)[O-])cc3)c3ccccc43)CC21. The number of fused-ring (bicyclic) bond motifs is 7. The van der Waals surface area contributed by atoms with E-state index in [0.29, 0.717) is 59.0 Å². The van der Waals surface area contributed by atoms with Crippen molar-refractivity contribution in [3.05, 3.63) is 106 Å². The van der Waals surface area contributed by atoms with Crippen molar-refractivity contribution >= 4 is 93.2 Å². The van der Waals surface area contributed by atoms with Crippen LogP contribution in [0.2, 0.25) is 0 Å². The number of hydrogen-bond acceptors (Lipinski definition) is 8. The number of rotatable bonds is 10. The molecule has 2 aliphatic carbocycles. The second-order valence-electron chi connectivity index (χ2n) is 15.7. The van der Waals surface area contributed by atoms with E-state index in [-0.39, 0.29) is 65.1 Å². The van der Waals surface area contributed by atoms with Crippen LogP contribution in [0.1, 0.15) is 49.1 Å². The quantitative estimate of drug-likeness (QED) is 0.0530. The third-order valence-corrected chi connectivity index (χ3v) is 13.9. The first-order chi connectivity index (χ1) is 28.2. The van der Waals surface area contributed by atoms with Crippen LogP contribution in [0.25, 0.3) is 21.5 Å². The van der Waals surface area contributed by atoms with E-state index >= 15 is 0 Å².